The van der Waals surface area contributed by atoms with Gasteiger partial charge >= 0.3 is 6.09 Å². The van der Waals surface area contributed by atoms with E-state index >= 15 is 0 Å². The molecule has 1 fully saturated rings. The van der Waals surface area contributed by atoms with E-state index < -0.39 is 5.60 Å². The molecule has 0 spiro atoms. The summed E-state index contributed by atoms with van der Waals surface area (Å²) in [4.78, 5) is 27.0. The van der Waals surface area contributed by atoms with Crippen molar-refractivity contribution in [2.75, 3.05) is 18.4 Å². The number of carbonyl (C=O) groups is 1. The lowest BCUT2D eigenvalue weighted by molar-refractivity contribution is 0.0206. The molecule has 3 rings (SSSR count). The van der Waals surface area contributed by atoms with Crippen LogP contribution in [0, 0.1) is 0 Å². The smallest absolute Gasteiger partial charge is 0.410 e. The van der Waals surface area contributed by atoms with E-state index in [-0.39, 0.29) is 12.1 Å². The maximum absolute atomic E-state index is 12.3. The highest BCUT2D eigenvalue weighted by atomic mass is 16.6. The van der Waals surface area contributed by atoms with Gasteiger partial charge in [0.05, 0.1) is 0 Å². The first kappa shape index (κ1) is 18.1. The predicted octanol–water partition coefficient (Wildman–Crippen LogP) is 3.35. The summed E-state index contributed by atoms with van der Waals surface area (Å²) in [5.41, 5.74) is 0.452. The Morgan fingerprint density at radius 3 is 2.73 bits per heavy atom. The lowest BCUT2D eigenvalue weighted by atomic mass is 10.1. The molecule has 7 heteroatoms. The van der Waals surface area contributed by atoms with Crippen molar-refractivity contribution in [2.45, 2.75) is 45.3 Å². The molecule has 0 saturated carbocycles. The van der Waals surface area contributed by atoms with Crippen molar-refractivity contribution in [3.8, 4) is 11.4 Å². The van der Waals surface area contributed by atoms with Gasteiger partial charge in [-0.25, -0.2) is 14.8 Å². The van der Waals surface area contributed by atoms with Crippen molar-refractivity contribution < 1.29 is 9.53 Å². The van der Waals surface area contributed by atoms with Gasteiger partial charge in [-0.2, -0.15) is 4.98 Å². The van der Waals surface area contributed by atoms with Crippen LogP contribution in [-0.4, -0.2) is 50.7 Å². The topological polar surface area (TPSA) is 80.2 Å². The van der Waals surface area contributed by atoms with Gasteiger partial charge < -0.3 is 15.0 Å². The minimum atomic E-state index is -0.490. The van der Waals surface area contributed by atoms with Crippen LogP contribution < -0.4 is 5.32 Å². The van der Waals surface area contributed by atoms with Gasteiger partial charge in [0.25, 0.3) is 0 Å². The van der Waals surface area contributed by atoms with Crippen LogP contribution in [-0.2, 0) is 4.74 Å². The number of rotatable bonds is 3. The van der Waals surface area contributed by atoms with E-state index in [1.807, 2.05) is 51.1 Å². The fourth-order valence-electron chi connectivity index (χ4n) is 2.86. The molecule has 26 heavy (non-hydrogen) atoms. The fourth-order valence-corrected chi connectivity index (χ4v) is 2.86. The van der Waals surface area contributed by atoms with Gasteiger partial charge in [-0.1, -0.05) is 30.3 Å². The Kier molecular flexibility index (Phi) is 5.35. The number of nitrogens with zero attached hydrogens (tertiary/aromatic N) is 4. The van der Waals surface area contributed by atoms with Gasteiger partial charge in [0.1, 0.15) is 11.9 Å². The Balaban J connectivity index is 1.65. The molecule has 1 N–H and O–H groups in total. The summed E-state index contributed by atoms with van der Waals surface area (Å²) in [5.74, 6) is 1.15. The minimum absolute atomic E-state index is 0.0855. The third-order valence-corrected chi connectivity index (χ3v) is 4.01. The summed E-state index contributed by atoms with van der Waals surface area (Å²) >= 11 is 0. The summed E-state index contributed by atoms with van der Waals surface area (Å²) in [6.45, 7) is 6.91. The van der Waals surface area contributed by atoms with Crippen molar-refractivity contribution >= 4 is 12.0 Å². The largest absolute Gasteiger partial charge is 0.444 e. The van der Waals surface area contributed by atoms with Crippen molar-refractivity contribution in [3.05, 3.63) is 36.7 Å². The fraction of sp³-hybridized carbons (Fsp3) is 0.474. The first-order chi connectivity index (χ1) is 12.4. The molecule has 138 valence electrons. The zero-order valence-electron chi connectivity index (χ0n) is 15.5. The number of amides is 1. The zero-order valence-corrected chi connectivity index (χ0v) is 15.5. The third-order valence-electron chi connectivity index (χ3n) is 4.01. The quantitative estimate of drug-likeness (QED) is 0.909. The highest BCUT2D eigenvalue weighted by molar-refractivity contribution is 5.68. The maximum Gasteiger partial charge on any atom is 0.410 e. The molecule has 0 bridgehead atoms. The lowest BCUT2D eigenvalue weighted by Gasteiger charge is -2.34. The maximum atomic E-state index is 12.3. The molecule has 0 radical (unpaired) electrons. The monoisotopic (exact) mass is 355 g/mol. The Labute approximate surface area is 153 Å². The number of piperidine rings is 1. The Bertz CT molecular complexity index is 745. The Morgan fingerprint density at radius 1 is 1.23 bits per heavy atom. The second kappa shape index (κ2) is 7.68. The molecule has 1 aromatic heterocycles. The van der Waals surface area contributed by atoms with E-state index in [4.69, 9.17) is 4.74 Å². The molecular weight excluding hydrogens is 330 g/mol. The average Bonchev–Trinajstić information content (AvgIpc) is 2.61. The number of nitrogens with one attached hydrogen (secondary N) is 1. The van der Waals surface area contributed by atoms with Gasteiger partial charge in [0.2, 0.25) is 5.95 Å². The summed E-state index contributed by atoms with van der Waals surface area (Å²) in [5, 5.41) is 3.33. The van der Waals surface area contributed by atoms with Crippen LogP contribution in [0.3, 0.4) is 0 Å². The third kappa shape index (κ3) is 4.91. The first-order valence-electron chi connectivity index (χ1n) is 8.90. The molecule has 1 aromatic carbocycles. The normalized spacial score (nSPS) is 17.7. The molecule has 1 amide bonds. The summed E-state index contributed by atoms with van der Waals surface area (Å²) in [6.07, 6.45) is 3.09. The van der Waals surface area contributed by atoms with Crippen LogP contribution in [0.25, 0.3) is 11.4 Å². The van der Waals surface area contributed by atoms with Crippen molar-refractivity contribution in [3.63, 3.8) is 0 Å². The summed E-state index contributed by atoms with van der Waals surface area (Å²) in [7, 11) is 0. The van der Waals surface area contributed by atoms with Crippen LogP contribution >= 0.6 is 0 Å². The number of hydrogen-bond donors (Lipinski definition) is 1. The molecule has 1 aliphatic rings. The number of ether oxygens (including phenoxy) is 1. The molecule has 1 saturated heterocycles. The molecule has 2 aromatic rings. The van der Waals surface area contributed by atoms with E-state index in [0.29, 0.717) is 24.9 Å². The van der Waals surface area contributed by atoms with Crippen molar-refractivity contribution in [2.24, 2.45) is 0 Å². The van der Waals surface area contributed by atoms with E-state index in [2.05, 4.69) is 20.3 Å². The number of benzene rings is 1. The van der Waals surface area contributed by atoms with Gasteiger partial charge in [-0.15, -0.1) is 0 Å². The second-order valence-electron chi connectivity index (χ2n) is 7.41. The molecular formula is C19H25N5O2. The van der Waals surface area contributed by atoms with Crippen LogP contribution in [0.2, 0.25) is 0 Å². The van der Waals surface area contributed by atoms with Crippen LogP contribution in [0.15, 0.2) is 36.7 Å². The van der Waals surface area contributed by atoms with Crippen LogP contribution in [0.5, 0.6) is 0 Å². The lowest BCUT2D eigenvalue weighted by Crippen LogP contribution is -2.47. The van der Waals surface area contributed by atoms with E-state index in [1.165, 1.54) is 6.33 Å². The second-order valence-corrected chi connectivity index (χ2v) is 7.41. The Hall–Kier alpha value is -2.70. The number of anilines is 1. The van der Waals surface area contributed by atoms with E-state index in [0.717, 1.165) is 18.4 Å². The van der Waals surface area contributed by atoms with E-state index in [9.17, 15) is 4.79 Å². The molecule has 7 nitrogen and oxygen atoms in total. The number of hydrogen-bond acceptors (Lipinski definition) is 6. The van der Waals surface area contributed by atoms with Gasteiger partial charge in [0.15, 0.2) is 5.82 Å². The summed E-state index contributed by atoms with van der Waals surface area (Å²) < 4.78 is 5.47. The standard InChI is InChI=1S/C19H25N5O2/c1-19(2,3)26-18(25)24-11-7-10-15(12-24)22-17-21-13-20-16(23-17)14-8-5-4-6-9-14/h4-6,8-9,13,15H,7,10-12H2,1-3H3,(H,20,21,22,23)/t15-/m1/s1. The average molecular weight is 355 g/mol. The van der Waals surface area contributed by atoms with Crippen molar-refractivity contribution in [1.82, 2.24) is 19.9 Å². The van der Waals surface area contributed by atoms with Crippen LogP contribution in [0.4, 0.5) is 10.7 Å². The molecule has 0 aliphatic carbocycles. The van der Waals surface area contributed by atoms with Gasteiger partial charge in [0, 0.05) is 24.7 Å². The summed E-state index contributed by atoms with van der Waals surface area (Å²) in [6, 6.07) is 9.87. The van der Waals surface area contributed by atoms with E-state index in [1.54, 1.807) is 4.90 Å². The molecule has 1 aliphatic heterocycles. The number of likely N-dealkylation sites (tertiary alicyclic amines) is 1. The van der Waals surface area contributed by atoms with Crippen molar-refractivity contribution in [1.29, 1.82) is 0 Å². The van der Waals surface area contributed by atoms with Crippen LogP contribution in [0.1, 0.15) is 33.6 Å². The SMILES string of the molecule is CC(C)(C)OC(=O)N1CCC[C@@H](Nc2ncnc(-c3ccccc3)n2)C1. The highest BCUT2D eigenvalue weighted by Crippen LogP contribution is 2.19. The highest BCUT2D eigenvalue weighted by Gasteiger charge is 2.28. The first-order valence-corrected chi connectivity index (χ1v) is 8.90. The number of carbonyl (C=O) groups excluding carboxylic acids is 1. The Morgan fingerprint density at radius 2 is 2.00 bits per heavy atom. The number of aromatic nitrogens is 3. The van der Waals surface area contributed by atoms with Gasteiger partial charge in [-0.05, 0) is 33.6 Å². The zero-order chi connectivity index (χ0) is 18.6. The van der Waals surface area contributed by atoms with Gasteiger partial charge in [-0.3, -0.25) is 0 Å². The molecule has 0 unspecified atom stereocenters. The molecule has 2 heterocycles. The minimum Gasteiger partial charge on any atom is -0.444 e. The molecule has 1 atom stereocenters. The predicted molar refractivity (Wildman–Crippen MR) is 99.7 cm³/mol.